The van der Waals surface area contributed by atoms with Gasteiger partial charge in [-0.05, 0) is 75.0 Å². The maximum atomic E-state index is 6.13. The molecule has 1 saturated heterocycles. The van der Waals surface area contributed by atoms with Crippen LogP contribution in [0.15, 0.2) is 84.9 Å². The van der Waals surface area contributed by atoms with Crippen molar-refractivity contribution in [1.82, 2.24) is 9.88 Å². The molecule has 2 heterocycles. The Balaban J connectivity index is 1.12. The van der Waals surface area contributed by atoms with Crippen molar-refractivity contribution < 1.29 is 4.74 Å². The highest BCUT2D eigenvalue weighted by atomic mass is 16.5. The van der Waals surface area contributed by atoms with Gasteiger partial charge in [0, 0.05) is 35.1 Å². The first kappa shape index (κ1) is 22.4. The molecule has 0 aliphatic carbocycles. The lowest BCUT2D eigenvalue weighted by Gasteiger charge is -2.31. The molecule has 34 heavy (non-hydrogen) atoms. The molecule has 0 atom stereocenters. The summed E-state index contributed by atoms with van der Waals surface area (Å²) in [5.41, 5.74) is 5.56. The summed E-state index contributed by atoms with van der Waals surface area (Å²) < 4.78 is 6.13. The number of benzene rings is 3. The molecule has 4 heteroatoms. The van der Waals surface area contributed by atoms with Crippen LogP contribution in [0.5, 0.6) is 5.75 Å². The molecule has 4 aromatic rings. The number of nitrogens with one attached hydrogen (secondary N) is 1. The predicted molar refractivity (Wildman–Crippen MR) is 141 cm³/mol. The highest BCUT2D eigenvalue weighted by molar-refractivity contribution is 5.93. The largest absolute Gasteiger partial charge is 0.492 e. The fourth-order valence-corrected chi connectivity index (χ4v) is 4.88. The van der Waals surface area contributed by atoms with E-state index in [0.29, 0.717) is 6.61 Å². The van der Waals surface area contributed by atoms with Crippen LogP contribution in [0, 0.1) is 12.8 Å². The van der Waals surface area contributed by atoms with E-state index in [4.69, 9.17) is 4.74 Å². The number of aromatic nitrogens is 1. The summed E-state index contributed by atoms with van der Waals surface area (Å²) >= 11 is 0. The summed E-state index contributed by atoms with van der Waals surface area (Å²) in [4.78, 5) is 7.17. The van der Waals surface area contributed by atoms with Gasteiger partial charge in [0.1, 0.15) is 12.4 Å². The van der Waals surface area contributed by atoms with E-state index in [1.54, 1.807) is 0 Å². The first-order valence-corrected chi connectivity index (χ1v) is 12.4. The fraction of sp³-hybridized carbons (Fsp3) is 0.300. The van der Waals surface area contributed by atoms with Gasteiger partial charge in [0.25, 0.3) is 0 Å². The van der Waals surface area contributed by atoms with E-state index < -0.39 is 0 Å². The van der Waals surface area contributed by atoms with Crippen LogP contribution in [0.2, 0.25) is 0 Å². The van der Waals surface area contributed by atoms with E-state index in [9.17, 15) is 0 Å². The van der Waals surface area contributed by atoms with Gasteiger partial charge in [-0.15, -0.1) is 0 Å². The van der Waals surface area contributed by atoms with E-state index in [-0.39, 0.29) is 0 Å². The molecular weight excluding hydrogens is 418 g/mol. The summed E-state index contributed by atoms with van der Waals surface area (Å²) in [7, 11) is 0. The van der Waals surface area contributed by atoms with E-state index in [1.165, 1.54) is 24.8 Å². The minimum Gasteiger partial charge on any atom is -0.492 e. The topological polar surface area (TPSA) is 37.4 Å². The Bertz CT molecular complexity index is 1220. The van der Waals surface area contributed by atoms with Crippen molar-refractivity contribution in [2.45, 2.75) is 26.2 Å². The number of likely N-dealkylation sites (tertiary alicyclic amines) is 1. The molecule has 0 amide bonds. The number of pyridine rings is 1. The second-order valence-corrected chi connectivity index (χ2v) is 9.30. The molecule has 1 aromatic heterocycles. The molecule has 1 aliphatic heterocycles. The first-order valence-electron chi connectivity index (χ1n) is 12.4. The van der Waals surface area contributed by atoms with Crippen molar-refractivity contribution in [3.05, 3.63) is 96.2 Å². The average molecular weight is 452 g/mol. The van der Waals surface area contributed by atoms with Crippen LogP contribution in [0.3, 0.4) is 0 Å². The van der Waals surface area contributed by atoms with E-state index in [0.717, 1.165) is 59.3 Å². The second kappa shape index (κ2) is 10.7. The number of rotatable bonds is 8. The molecule has 174 valence electrons. The summed E-state index contributed by atoms with van der Waals surface area (Å²) in [5.74, 6) is 1.70. The first-order chi connectivity index (χ1) is 16.7. The number of hydrogen-bond donors (Lipinski definition) is 1. The van der Waals surface area contributed by atoms with Gasteiger partial charge in [-0.2, -0.15) is 0 Å². The number of anilines is 2. The molecular formula is C30H33N3O. The SMILES string of the molecule is Cc1cc(Nc2cccc(OCCN3CCC(Cc4ccccc4)CC3)c2)c2ccccc2n1. The Morgan fingerprint density at radius 3 is 2.56 bits per heavy atom. The van der Waals surface area contributed by atoms with Crippen LogP contribution in [0.4, 0.5) is 11.4 Å². The number of ether oxygens (including phenoxy) is 1. The maximum absolute atomic E-state index is 6.13. The maximum Gasteiger partial charge on any atom is 0.121 e. The molecule has 1 fully saturated rings. The zero-order chi connectivity index (χ0) is 23.2. The van der Waals surface area contributed by atoms with Gasteiger partial charge in [-0.1, -0.05) is 54.6 Å². The van der Waals surface area contributed by atoms with Crippen LogP contribution in [0.25, 0.3) is 10.9 Å². The standard InChI is InChI=1S/C30H33N3O/c1-23-20-30(28-12-5-6-13-29(28)31-23)32-26-10-7-11-27(22-26)34-19-18-33-16-14-25(15-17-33)21-24-8-3-2-4-9-24/h2-13,20,22,25H,14-19,21H2,1H3,(H,31,32). The molecule has 0 unspecified atom stereocenters. The van der Waals surface area contributed by atoms with E-state index in [1.807, 2.05) is 25.1 Å². The predicted octanol–water partition coefficient (Wildman–Crippen LogP) is 6.62. The third-order valence-electron chi connectivity index (χ3n) is 6.71. The number of para-hydroxylation sites is 1. The van der Waals surface area contributed by atoms with Crippen LogP contribution in [0.1, 0.15) is 24.1 Å². The molecule has 3 aromatic carbocycles. The third kappa shape index (κ3) is 5.75. The summed E-state index contributed by atoms with van der Waals surface area (Å²) in [6.07, 6.45) is 3.75. The van der Waals surface area contributed by atoms with Gasteiger partial charge in [0.2, 0.25) is 0 Å². The lowest BCUT2D eigenvalue weighted by atomic mass is 9.90. The zero-order valence-electron chi connectivity index (χ0n) is 19.9. The van der Waals surface area contributed by atoms with Gasteiger partial charge in [-0.25, -0.2) is 0 Å². The van der Waals surface area contributed by atoms with Crippen molar-refractivity contribution >= 4 is 22.3 Å². The monoisotopic (exact) mass is 451 g/mol. The van der Waals surface area contributed by atoms with Crippen LogP contribution < -0.4 is 10.1 Å². The minimum absolute atomic E-state index is 0.712. The van der Waals surface area contributed by atoms with Crippen molar-refractivity contribution in [1.29, 1.82) is 0 Å². The molecule has 0 saturated carbocycles. The van der Waals surface area contributed by atoms with Crippen LogP contribution >= 0.6 is 0 Å². The number of piperidine rings is 1. The normalized spacial score (nSPS) is 14.9. The fourth-order valence-electron chi connectivity index (χ4n) is 4.88. The minimum atomic E-state index is 0.712. The second-order valence-electron chi connectivity index (χ2n) is 9.30. The summed E-state index contributed by atoms with van der Waals surface area (Å²) in [5, 5.41) is 4.68. The van der Waals surface area contributed by atoms with Crippen molar-refractivity contribution in [2.24, 2.45) is 5.92 Å². The summed E-state index contributed by atoms with van der Waals surface area (Å²) in [6.45, 7) is 6.05. The lowest BCUT2D eigenvalue weighted by Crippen LogP contribution is -2.37. The van der Waals surface area contributed by atoms with E-state index in [2.05, 4.69) is 81.9 Å². The van der Waals surface area contributed by atoms with Gasteiger partial charge in [0.05, 0.1) is 5.52 Å². The highest BCUT2D eigenvalue weighted by Gasteiger charge is 2.19. The Kier molecular flexibility index (Phi) is 7.06. The van der Waals surface area contributed by atoms with Crippen LogP contribution in [-0.2, 0) is 6.42 Å². The van der Waals surface area contributed by atoms with Crippen LogP contribution in [-0.4, -0.2) is 36.1 Å². The summed E-state index contributed by atoms with van der Waals surface area (Å²) in [6, 6.07) is 29.5. The molecule has 1 N–H and O–H groups in total. The Labute approximate surface area is 202 Å². The molecule has 1 aliphatic rings. The van der Waals surface area contributed by atoms with E-state index >= 15 is 0 Å². The van der Waals surface area contributed by atoms with Gasteiger partial charge in [0.15, 0.2) is 0 Å². The average Bonchev–Trinajstić information content (AvgIpc) is 2.86. The number of aryl methyl sites for hydroxylation is 1. The van der Waals surface area contributed by atoms with Gasteiger partial charge < -0.3 is 10.1 Å². The van der Waals surface area contributed by atoms with Crippen molar-refractivity contribution in [2.75, 3.05) is 31.6 Å². The third-order valence-corrected chi connectivity index (χ3v) is 6.71. The Morgan fingerprint density at radius 1 is 0.912 bits per heavy atom. The number of hydrogen-bond acceptors (Lipinski definition) is 4. The lowest BCUT2D eigenvalue weighted by molar-refractivity contribution is 0.155. The molecule has 0 radical (unpaired) electrons. The smallest absolute Gasteiger partial charge is 0.121 e. The van der Waals surface area contributed by atoms with Gasteiger partial charge in [-0.3, -0.25) is 9.88 Å². The molecule has 0 spiro atoms. The highest BCUT2D eigenvalue weighted by Crippen LogP contribution is 2.28. The molecule has 5 rings (SSSR count). The quantitative estimate of drug-likeness (QED) is 0.327. The van der Waals surface area contributed by atoms with Gasteiger partial charge >= 0.3 is 0 Å². The van der Waals surface area contributed by atoms with Crippen molar-refractivity contribution in [3.8, 4) is 5.75 Å². The van der Waals surface area contributed by atoms with Crippen molar-refractivity contribution in [3.63, 3.8) is 0 Å². The molecule has 4 nitrogen and oxygen atoms in total. The number of nitrogens with zero attached hydrogens (tertiary/aromatic N) is 2. The Hall–Kier alpha value is -3.37. The number of fused-ring (bicyclic) bond motifs is 1. The molecule has 0 bridgehead atoms. The Morgan fingerprint density at radius 2 is 1.71 bits per heavy atom. The zero-order valence-corrected chi connectivity index (χ0v) is 19.9.